The van der Waals surface area contributed by atoms with Gasteiger partial charge in [0.1, 0.15) is 47.5 Å². The Morgan fingerprint density at radius 3 is 2.70 bits per heavy atom. The molecule has 2 N–H and O–H groups in total. The van der Waals surface area contributed by atoms with Crippen LogP contribution < -0.4 is 10.5 Å². The number of halogens is 1. The highest BCUT2D eigenvalue weighted by Crippen LogP contribution is 2.34. The minimum atomic E-state index is -0.502. The van der Waals surface area contributed by atoms with E-state index in [1.165, 1.54) is 18.8 Å². The summed E-state index contributed by atoms with van der Waals surface area (Å²) in [6.07, 6.45) is 4.25. The first-order valence-electron chi connectivity index (χ1n) is 9.06. The van der Waals surface area contributed by atoms with E-state index >= 15 is 4.39 Å². The first-order valence-corrected chi connectivity index (χ1v) is 9.06. The van der Waals surface area contributed by atoms with Crippen LogP contribution in [0.1, 0.15) is 5.76 Å². The molecule has 0 atom stereocenters. The second-order valence-corrected chi connectivity index (χ2v) is 6.49. The normalized spacial score (nSPS) is 11.1. The predicted octanol–water partition coefficient (Wildman–Crippen LogP) is 4.04. The van der Waals surface area contributed by atoms with Crippen LogP contribution in [0, 0.1) is 5.82 Å². The molecule has 30 heavy (non-hydrogen) atoms. The third kappa shape index (κ3) is 3.22. The lowest BCUT2D eigenvalue weighted by Gasteiger charge is -2.07. The third-order valence-electron chi connectivity index (χ3n) is 4.52. The first kappa shape index (κ1) is 17.8. The SMILES string of the molecule is Nc1ncnc2c1c(-c1ccc(Oc3ccccc3)cc1F)nn2Cc1cnco1. The molecule has 0 radical (unpaired) electrons. The Bertz CT molecular complexity index is 1320. The number of rotatable bonds is 5. The van der Waals surface area contributed by atoms with E-state index in [1.807, 2.05) is 18.2 Å². The molecule has 5 aromatic rings. The van der Waals surface area contributed by atoms with E-state index in [0.29, 0.717) is 34.0 Å². The Balaban J connectivity index is 1.57. The largest absolute Gasteiger partial charge is 0.457 e. The average Bonchev–Trinajstić information content (AvgIpc) is 3.38. The minimum Gasteiger partial charge on any atom is -0.457 e. The first-order chi connectivity index (χ1) is 14.7. The molecule has 0 bridgehead atoms. The number of para-hydroxylation sites is 1. The molecule has 0 aliphatic carbocycles. The van der Waals surface area contributed by atoms with Crippen LogP contribution in [0.4, 0.5) is 10.2 Å². The number of anilines is 1. The average molecular weight is 402 g/mol. The molecule has 5 rings (SSSR count). The van der Waals surface area contributed by atoms with Crippen LogP contribution in [0.15, 0.2) is 71.9 Å². The molecule has 0 saturated heterocycles. The summed E-state index contributed by atoms with van der Waals surface area (Å²) in [6, 6.07) is 13.7. The van der Waals surface area contributed by atoms with E-state index in [4.69, 9.17) is 14.9 Å². The standard InChI is InChI=1S/C21H15FN6O2/c22-17-8-14(30-13-4-2-1-3-5-13)6-7-16(17)19-18-20(23)25-11-26-21(18)28(27-19)10-15-9-24-12-29-15/h1-9,11-12H,10H2,(H2,23,25,26). The van der Waals surface area contributed by atoms with E-state index in [2.05, 4.69) is 20.1 Å². The van der Waals surface area contributed by atoms with Gasteiger partial charge in [-0.2, -0.15) is 5.10 Å². The number of hydrogen-bond donors (Lipinski definition) is 1. The molecule has 0 fully saturated rings. The van der Waals surface area contributed by atoms with Gasteiger partial charge in [-0.1, -0.05) is 18.2 Å². The van der Waals surface area contributed by atoms with E-state index in [9.17, 15) is 0 Å². The molecular formula is C21H15FN6O2. The van der Waals surface area contributed by atoms with E-state index in [-0.39, 0.29) is 17.9 Å². The Morgan fingerprint density at radius 2 is 1.93 bits per heavy atom. The second kappa shape index (κ2) is 7.28. The van der Waals surface area contributed by atoms with Crippen LogP contribution in [-0.4, -0.2) is 24.7 Å². The van der Waals surface area contributed by atoms with Gasteiger partial charge >= 0.3 is 0 Å². The number of fused-ring (bicyclic) bond motifs is 1. The second-order valence-electron chi connectivity index (χ2n) is 6.49. The maximum atomic E-state index is 15.0. The summed E-state index contributed by atoms with van der Waals surface area (Å²) in [4.78, 5) is 12.2. The molecule has 0 spiro atoms. The molecule has 0 saturated carbocycles. The van der Waals surface area contributed by atoms with Crippen LogP contribution in [0.25, 0.3) is 22.3 Å². The fourth-order valence-corrected chi connectivity index (χ4v) is 3.17. The van der Waals surface area contributed by atoms with Gasteiger partial charge in [-0.05, 0) is 24.3 Å². The summed E-state index contributed by atoms with van der Waals surface area (Å²) in [5, 5.41) is 5.00. The molecule has 3 aromatic heterocycles. The lowest BCUT2D eigenvalue weighted by atomic mass is 10.1. The van der Waals surface area contributed by atoms with Crippen LogP contribution >= 0.6 is 0 Å². The van der Waals surface area contributed by atoms with Gasteiger partial charge in [0.2, 0.25) is 0 Å². The highest BCUT2D eigenvalue weighted by Gasteiger charge is 2.20. The number of hydrogen-bond acceptors (Lipinski definition) is 7. The summed E-state index contributed by atoms with van der Waals surface area (Å²) in [6.45, 7) is 0.268. The zero-order chi connectivity index (χ0) is 20.5. The van der Waals surface area contributed by atoms with Crippen molar-refractivity contribution in [2.45, 2.75) is 6.54 Å². The maximum absolute atomic E-state index is 15.0. The lowest BCUT2D eigenvalue weighted by Crippen LogP contribution is -2.02. The van der Waals surface area contributed by atoms with Gasteiger partial charge in [0.05, 0.1) is 11.6 Å². The monoisotopic (exact) mass is 402 g/mol. The topological polar surface area (TPSA) is 105 Å². The summed E-state index contributed by atoms with van der Waals surface area (Å²) in [5.74, 6) is 1.28. The van der Waals surface area contributed by atoms with Crippen molar-refractivity contribution in [1.29, 1.82) is 0 Å². The molecule has 0 amide bonds. The summed E-state index contributed by atoms with van der Waals surface area (Å²) < 4.78 is 27.6. The molecule has 0 unspecified atom stereocenters. The van der Waals surface area contributed by atoms with Gasteiger partial charge in [-0.25, -0.2) is 24.0 Å². The summed E-state index contributed by atoms with van der Waals surface area (Å²) in [5.41, 5.74) is 7.15. The van der Waals surface area contributed by atoms with Crippen molar-refractivity contribution in [2.24, 2.45) is 0 Å². The van der Waals surface area contributed by atoms with Gasteiger partial charge in [-0.15, -0.1) is 0 Å². The van der Waals surface area contributed by atoms with Crippen molar-refractivity contribution in [3.05, 3.63) is 79.0 Å². The number of nitrogens with two attached hydrogens (primary N) is 1. The summed E-state index contributed by atoms with van der Waals surface area (Å²) in [7, 11) is 0. The molecule has 0 aliphatic rings. The van der Waals surface area contributed by atoms with E-state index < -0.39 is 5.82 Å². The zero-order valence-electron chi connectivity index (χ0n) is 15.6. The van der Waals surface area contributed by atoms with Crippen molar-refractivity contribution in [3.63, 3.8) is 0 Å². The van der Waals surface area contributed by atoms with E-state index in [1.54, 1.807) is 35.1 Å². The number of ether oxygens (including phenoxy) is 1. The Kier molecular flexibility index (Phi) is 4.32. The fraction of sp³-hybridized carbons (Fsp3) is 0.0476. The number of nitrogens with zero attached hydrogens (tertiary/aromatic N) is 5. The van der Waals surface area contributed by atoms with Crippen LogP contribution in [-0.2, 0) is 6.54 Å². The third-order valence-corrected chi connectivity index (χ3v) is 4.52. The number of nitrogen functional groups attached to an aromatic ring is 1. The van der Waals surface area contributed by atoms with Crippen LogP contribution in [0.5, 0.6) is 11.5 Å². The van der Waals surface area contributed by atoms with Crippen molar-refractivity contribution >= 4 is 16.9 Å². The number of oxazole rings is 1. The molecule has 9 heteroatoms. The molecule has 2 aromatic carbocycles. The number of aromatic nitrogens is 5. The van der Waals surface area contributed by atoms with Crippen molar-refractivity contribution in [2.75, 3.05) is 5.73 Å². The van der Waals surface area contributed by atoms with Gasteiger partial charge in [0, 0.05) is 11.6 Å². The summed E-state index contributed by atoms with van der Waals surface area (Å²) >= 11 is 0. The van der Waals surface area contributed by atoms with Crippen LogP contribution in [0.2, 0.25) is 0 Å². The smallest absolute Gasteiger partial charge is 0.180 e. The van der Waals surface area contributed by atoms with Crippen molar-refractivity contribution in [3.8, 4) is 22.8 Å². The lowest BCUT2D eigenvalue weighted by molar-refractivity contribution is 0.477. The number of benzene rings is 2. The zero-order valence-corrected chi connectivity index (χ0v) is 15.6. The van der Waals surface area contributed by atoms with Gasteiger partial charge in [0.25, 0.3) is 0 Å². The van der Waals surface area contributed by atoms with Gasteiger partial charge in [-0.3, -0.25) is 0 Å². The van der Waals surface area contributed by atoms with Gasteiger partial charge < -0.3 is 14.9 Å². The van der Waals surface area contributed by atoms with Crippen molar-refractivity contribution in [1.82, 2.24) is 24.7 Å². The minimum absolute atomic E-state index is 0.211. The molecule has 3 heterocycles. The maximum Gasteiger partial charge on any atom is 0.180 e. The Hall–Kier alpha value is -4.27. The predicted molar refractivity (Wildman–Crippen MR) is 107 cm³/mol. The van der Waals surface area contributed by atoms with Gasteiger partial charge in [0.15, 0.2) is 12.0 Å². The quantitative estimate of drug-likeness (QED) is 0.473. The highest BCUT2D eigenvalue weighted by molar-refractivity contribution is 5.98. The fourth-order valence-electron chi connectivity index (χ4n) is 3.17. The molecule has 0 aliphatic heterocycles. The van der Waals surface area contributed by atoms with E-state index in [0.717, 1.165) is 0 Å². The molecule has 148 valence electrons. The Morgan fingerprint density at radius 1 is 1.07 bits per heavy atom. The highest BCUT2D eigenvalue weighted by atomic mass is 19.1. The Labute approximate surface area is 169 Å². The molecule has 8 nitrogen and oxygen atoms in total. The van der Waals surface area contributed by atoms with Crippen LogP contribution in [0.3, 0.4) is 0 Å². The van der Waals surface area contributed by atoms with Crippen molar-refractivity contribution < 1.29 is 13.5 Å². The molecular weight excluding hydrogens is 387 g/mol.